The van der Waals surface area contributed by atoms with Gasteiger partial charge in [0, 0.05) is 17.3 Å². The van der Waals surface area contributed by atoms with Crippen LogP contribution in [-0.4, -0.2) is 9.55 Å². The molecule has 1 aliphatic rings. The number of hydrogen-bond acceptors (Lipinski definition) is 1. The molecule has 2 nitrogen and oxygen atoms in total. The van der Waals surface area contributed by atoms with Crippen LogP contribution in [0.4, 0.5) is 0 Å². The van der Waals surface area contributed by atoms with Crippen molar-refractivity contribution in [2.75, 3.05) is 0 Å². The Kier molecular flexibility index (Phi) is 3.23. The van der Waals surface area contributed by atoms with E-state index in [1.807, 2.05) is 12.3 Å². The monoisotopic (exact) mass is 276 g/mol. The predicted octanol–water partition coefficient (Wildman–Crippen LogP) is 4.76. The van der Waals surface area contributed by atoms with E-state index >= 15 is 0 Å². The molecule has 3 aromatic rings. The maximum absolute atomic E-state index is 4.57. The van der Waals surface area contributed by atoms with E-state index < -0.39 is 0 Å². The van der Waals surface area contributed by atoms with Crippen molar-refractivity contribution in [1.29, 1.82) is 0 Å². The lowest BCUT2D eigenvalue weighted by atomic mass is 10.0. The topological polar surface area (TPSA) is 17.8 Å². The molecule has 21 heavy (non-hydrogen) atoms. The molecule has 1 saturated carbocycles. The second-order valence-corrected chi connectivity index (χ2v) is 6.07. The third-order valence-corrected chi connectivity index (χ3v) is 4.64. The third-order valence-electron chi connectivity index (χ3n) is 4.64. The first-order valence-corrected chi connectivity index (χ1v) is 7.92. The van der Waals surface area contributed by atoms with E-state index in [9.17, 15) is 0 Å². The molecule has 2 heterocycles. The van der Waals surface area contributed by atoms with E-state index in [4.69, 9.17) is 0 Å². The molecule has 106 valence electrons. The quantitative estimate of drug-likeness (QED) is 0.674. The molecule has 2 heteroatoms. The maximum Gasteiger partial charge on any atom is 0.137 e. The largest absolute Gasteiger partial charge is 0.298 e. The van der Waals surface area contributed by atoms with Crippen LogP contribution >= 0.6 is 0 Å². The van der Waals surface area contributed by atoms with Gasteiger partial charge in [-0.1, -0.05) is 49.9 Å². The molecule has 2 aromatic heterocycles. The van der Waals surface area contributed by atoms with Crippen molar-refractivity contribution in [2.45, 2.75) is 32.1 Å². The molecule has 0 amide bonds. The lowest BCUT2D eigenvalue weighted by Gasteiger charge is -2.13. The molecule has 1 aromatic carbocycles. The molecule has 0 saturated heterocycles. The standard InChI is InChI=1S/C19H20N2/c1-2-8-15(7-1)13-17-14-16-9-3-4-10-18(16)21(17)19-11-5-6-12-20-19/h3-6,9-12,14-15H,1-2,7-8,13H2. The summed E-state index contributed by atoms with van der Waals surface area (Å²) in [7, 11) is 0. The number of fused-ring (bicyclic) bond motifs is 1. The summed E-state index contributed by atoms with van der Waals surface area (Å²) >= 11 is 0. The van der Waals surface area contributed by atoms with Gasteiger partial charge < -0.3 is 0 Å². The van der Waals surface area contributed by atoms with E-state index in [1.165, 1.54) is 48.7 Å². The normalized spacial score (nSPS) is 15.8. The number of nitrogens with zero attached hydrogens (tertiary/aromatic N) is 2. The van der Waals surface area contributed by atoms with Crippen LogP contribution in [0.25, 0.3) is 16.7 Å². The summed E-state index contributed by atoms with van der Waals surface area (Å²) in [4.78, 5) is 4.57. The van der Waals surface area contributed by atoms with Gasteiger partial charge >= 0.3 is 0 Å². The number of benzene rings is 1. The van der Waals surface area contributed by atoms with Gasteiger partial charge in [-0.3, -0.25) is 4.57 Å². The second kappa shape index (κ2) is 5.36. The van der Waals surface area contributed by atoms with Crippen LogP contribution in [0.5, 0.6) is 0 Å². The Morgan fingerprint density at radius 3 is 2.62 bits per heavy atom. The molecule has 0 N–H and O–H groups in total. The minimum atomic E-state index is 0.844. The Balaban J connectivity index is 1.84. The Labute approximate surface area is 125 Å². The lowest BCUT2D eigenvalue weighted by molar-refractivity contribution is 0.535. The lowest BCUT2D eigenvalue weighted by Crippen LogP contribution is -2.06. The third kappa shape index (κ3) is 2.35. The molecule has 0 aliphatic heterocycles. The Bertz CT molecular complexity index is 737. The van der Waals surface area contributed by atoms with E-state index in [0.717, 1.165) is 11.7 Å². The highest BCUT2D eigenvalue weighted by atomic mass is 15.1. The Hall–Kier alpha value is -2.09. The molecule has 0 bridgehead atoms. The maximum atomic E-state index is 4.57. The highest BCUT2D eigenvalue weighted by Gasteiger charge is 2.19. The van der Waals surface area contributed by atoms with Crippen molar-refractivity contribution < 1.29 is 0 Å². The first-order valence-electron chi connectivity index (χ1n) is 7.92. The van der Waals surface area contributed by atoms with Crippen molar-refractivity contribution in [3.63, 3.8) is 0 Å². The van der Waals surface area contributed by atoms with E-state index in [1.54, 1.807) is 0 Å². The zero-order valence-corrected chi connectivity index (χ0v) is 12.2. The summed E-state index contributed by atoms with van der Waals surface area (Å²) in [6.07, 6.45) is 8.60. The van der Waals surface area contributed by atoms with Gasteiger partial charge in [-0.25, -0.2) is 4.98 Å². The number of aromatic nitrogens is 2. The second-order valence-electron chi connectivity index (χ2n) is 6.07. The average Bonchev–Trinajstić information content (AvgIpc) is 3.15. The fourth-order valence-corrected chi connectivity index (χ4v) is 3.63. The number of pyridine rings is 1. The smallest absolute Gasteiger partial charge is 0.137 e. The molecule has 0 radical (unpaired) electrons. The van der Waals surface area contributed by atoms with E-state index in [0.29, 0.717) is 0 Å². The van der Waals surface area contributed by atoms with E-state index in [-0.39, 0.29) is 0 Å². The van der Waals surface area contributed by atoms with Crippen molar-refractivity contribution in [1.82, 2.24) is 9.55 Å². The average molecular weight is 276 g/mol. The van der Waals surface area contributed by atoms with Crippen LogP contribution in [-0.2, 0) is 6.42 Å². The Morgan fingerprint density at radius 2 is 1.81 bits per heavy atom. The number of rotatable bonds is 3. The van der Waals surface area contributed by atoms with Crippen LogP contribution in [0, 0.1) is 5.92 Å². The minimum absolute atomic E-state index is 0.844. The summed E-state index contributed by atoms with van der Waals surface area (Å²) in [6, 6.07) is 17.1. The first kappa shape index (κ1) is 12.6. The fraction of sp³-hybridized carbons (Fsp3) is 0.316. The summed E-state index contributed by atoms with van der Waals surface area (Å²) in [5.41, 5.74) is 2.67. The van der Waals surface area contributed by atoms with Gasteiger partial charge in [0.1, 0.15) is 5.82 Å². The van der Waals surface area contributed by atoms with Gasteiger partial charge in [0.25, 0.3) is 0 Å². The van der Waals surface area contributed by atoms with Crippen molar-refractivity contribution in [3.8, 4) is 5.82 Å². The van der Waals surface area contributed by atoms with Gasteiger partial charge in [0.15, 0.2) is 0 Å². The van der Waals surface area contributed by atoms with Gasteiger partial charge in [0.2, 0.25) is 0 Å². The van der Waals surface area contributed by atoms with Crippen molar-refractivity contribution in [3.05, 3.63) is 60.4 Å². The molecule has 0 unspecified atom stereocenters. The first-order chi connectivity index (χ1) is 10.4. The highest BCUT2D eigenvalue weighted by Crippen LogP contribution is 2.31. The van der Waals surface area contributed by atoms with Crippen molar-refractivity contribution >= 4 is 10.9 Å². The minimum Gasteiger partial charge on any atom is -0.298 e. The van der Waals surface area contributed by atoms with Crippen LogP contribution in [0.2, 0.25) is 0 Å². The summed E-state index contributed by atoms with van der Waals surface area (Å²) in [6.45, 7) is 0. The molecule has 1 fully saturated rings. The molecular weight excluding hydrogens is 256 g/mol. The Morgan fingerprint density at radius 1 is 1.00 bits per heavy atom. The van der Waals surface area contributed by atoms with Gasteiger partial charge in [-0.15, -0.1) is 0 Å². The number of para-hydroxylation sites is 1. The molecule has 0 spiro atoms. The van der Waals surface area contributed by atoms with Gasteiger partial charge in [0.05, 0.1) is 5.52 Å². The highest BCUT2D eigenvalue weighted by molar-refractivity contribution is 5.83. The molecule has 4 rings (SSSR count). The van der Waals surface area contributed by atoms with Crippen molar-refractivity contribution in [2.24, 2.45) is 5.92 Å². The fourth-order valence-electron chi connectivity index (χ4n) is 3.63. The number of hydrogen-bond donors (Lipinski definition) is 0. The SMILES string of the molecule is c1ccc(-n2c(CC3CCCC3)cc3ccccc32)nc1. The van der Waals surface area contributed by atoms with Crippen LogP contribution < -0.4 is 0 Å². The zero-order chi connectivity index (χ0) is 14.1. The predicted molar refractivity (Wildman–Crippen MR) is 86.7 cm³/mol. The van der Waals surface area contributed by atoms with Crippen LogP contribution in [0.3, 0.4) is 0 Å². The summed E-state index contributed by atoms with van der Waals surface area (Å²) < 4.78 is 2.34. The molecule has 0 atom stereocenters. The van der Waals surface area contributed by atoms with Crippen LogP contribution in [0.15, 0.2) is 54.7 Å². The molecular formula is C19H20N2. The van der Waals surface area contributed by atoms with Gasteiger partial charge in [-0.05, 0) is 36.6 Å². The summed E-state index contributed by atoms with van der Waals surface area (Å²) in [5.74, 6) is 1.88. The van der Waals surface area contributed by atoms with E-state index in [2.05, 4.69) is 52.0 Å². The summed E-state index contributed by atoms with van der Waals surface area (Å²) in [5, 5.41) is 1.32. The van der Waals surface area contributed by atoms with Crippen LogP contribution in [0.1, 0.15) is 31.4 Å². The van der Waals surface area contributed by atoms with Gasteiger partial charge in [-0.2, -0.15) is 0 Å². The zero-order valence-electron chi connectivity index (χ0n) is 12.2. The molecule has 1 aliphatic carbocycles.